The van der Waals surface area contributed by atoms with E-state index in [0.717, 1.165) is 0 Å². The van der Waals surface area contributed by atoms with Crippen molar-refractivity contribution in [3.05, 3.63) is 29.4 Å². The molecule has 11 heteroatoms. The average molecular weight is 429 g/mol. The molecule has 0 bridgehead atoms. The monoisotopic (exact) mass is 429 g/mol. The number of aryl methyl sites for hydroxylation is 1. The maximum absolute atomic E-state index is 15.1. The molecule has 0 radical (unpaired) electrons. The van der Waals surface area contributed by atoms with Gasteiger partial charge in [0, 0.05) is 19.2 Å². The lowest BCUT2D eigenvalue weighted by Gasteiger charge is -2.55. The van der Waals surface area contributed by atoms with Gasteiger partial charge in [-0.2, -0.15) is 4.98 Å². The Bertz CT molecular complexity index is 1110. The quantitative estimate of drug-likeness (QED) is 0.645. The number of fused-ring (bicyclic) bond motifs is 4. The number of carbonyl (C=O) groups excluding carboxylic acids is 3. The number of carbonyl (C=O) groups is 3. The van der Waals surface area contributed by atoms with Crippen molar-refractivity contribution in [2.24, 2.45) is 5.41 Å². The molecule has 0 unspecified atom stereocenters. The number of imide groups is 2. The molecule has 4 heterocycles. The van der Waals surface area contributed by atoms with Gasteiger partial charge in [-0.25, -0.2) is 9.18 Å². The summed E-state index contributed by atoms with van der Waals surface area (Å²) in [6.07, 6.45) is -0.780. The molecule has 1 spiro atoms. The SMILES string of the molecule is Cc1nc(-c2cc3c(cc2F)N2C[C@@H](C)O[C@@H](C)[C@@H]2C2(C3)C(=O)NC(=O)NC2=O)no1. The zero-order valence-corrected chi connectivity index (χ0v) is 17.1. The van der Waals surface area contributed by atoms with Gasteiger partial charge in [-0.1, -0.05) is 5.16 Å². The number of rotatable bonds is 1. The second kappa shape index (κ2) is 6.58. The topological polar surface area (TPSA) is 127 Å². The number of urea groups is 1. The van der Waals surface area contributed by atoms with Gasteiger partial charge in [0.15, 0.2) is 5.41 Å². The highest BCUT2D eigenvalue weighted by Gasteiger charge is 2.62. The van der Waals surface area contributed by atoms with Gasteiger partial charge in [-0.15, -0.1) is 0 Å². The number of hydrogen-bond donors (Lipinski definition) is 2. The van der Waals surface area contributed by atoms with Crippen LogP contribution in [0.15, 0.2) is 16.7 Å². The molecular formula is C20H20FN5O5. The van der Waals surface area contributed by atoms with Crippen LogP contribution in [-0.4, -0.2) is 52.8 Å². The molecule has 1 aromatic carbocycles. The Kier molecular flexibility index (Phi) is 4.16. The maximum atomic E-state index is 15.1. The zero-order valence-electron chi connectivity index (χ0n) is 17.1. The molecule has 31 heavy (non-hydrogen) atoms. The molecule has 4 amide bonds. The highest BCUT2D eigenvalue weighted by molar-refractivity contribution is 6.20. The number of hydrogen-bond acceptors (Lipinski definition) is 8. The highest BCUT2D eigenvalue weighted by atomic mass is 19.1. The Hall–Kier alpha value is -3.34. The standard InChI is InChI=1S/C20H20FN5O5/c1-8-7-26-14-5-13(21)12(16-22-10(3)31-25-16)4-11(14)6-20(15(26)9(2)30-8)17(27)23-19(29)24-18(20)28/h4-5,8-9,15H,6-7H2,1-3H3,(H2,23,24,27,28,29)/t8-,9+,15-/m1/s1. The van der Waals surface area contributed by atoms with E-state index in [2.05, 4.69) is 20.8 Å². The van der Waals surface area contributed by atoms with E-state index in [0.29, 0.717) is 17.8 Å². The lowest BCUT2D eigenvalue weighted by Crippen LogP contribution is -2.75. The first-order chi connectivity index (χ1) is 14.7. The smallest absolute Gasteiger partial charge is 0.328 e. The molecule has 2 saturated heterocycles. The Balaban J connectivity index is 1.71. The fraction of sp³-hybridized carbons (Fsp3) is 0.450. The molecule has 3 aliphatic heterocycles. The summed E-state index contributed by atoms with van der Waals surface area (Å²) < 4.78 is 26.0. The number of ether oxygens (including phenoxy) is 1. The van der Waals surface area contributed by atoms with E-state index in [9.17, 15) is 14.4 Å². The Morgan fingerprint density at radius 3 is 2.55 bits per heavy atom. The van der Waals surface area contributed by atoms with Crippen LogP contribution in [0.5, 0.6) is 0 Å². The first-order valence-corrected chi connectivity index (χ1v) is 9.93. The van der Waals surface area contributed by atoms with Gasteiger partial charge in [0.1, 0.15) is 5.82 Å². The number of aromatic nitrogens is 2. The summed E-state index contributed by atoms with van der Waals surface area (Å²) in [6, 6.07) is 1.32. The Morgan fingerprint density at radius 2 is 1.90 bits per heavy atom. The maximum Gasteiger partial charge on any atom is 0.328 e. The van der Waals surface area contributed by atoms with Gasteiger partial charge in [0.2, 0.25) is 23.5 Å². The number of benzene rings is 1. The second-order valence-corrected chi connectivity index (χ2v) is 8.23. The predicted octanol–water partition coefficient (Wildman–Crippen LogP) is 1.07. The molecule has 2 fully saturated rings. The van der Waals surface area contributed by atoms with Crippen molar-refractivity contribution < 1.29 is 28.0 Å². The van der Waals surface area contributed by atoms with E-state index in [4.69, 9.17) is 9.26 Å². The van der Waals surface area contributed by atoms with Crippen molar-refractivity contribution in [1.29, 1.82) is 0 Å². The van der Waals surface area contributed by atoms with Crippen LogP contribution in [-0.2, 0) is 20.7 Å². The minimum absolute atomic E-state index is 0.0410. The fourth-order valence-corrected chi connectivity index (χ4v) is 5.04. The van der Waals surface area contributed by atoms with E-state index in [1.54, 1.807) is 13.8 Å². The normalized spacial score (nSPS) is 26.9. The Morgan fingerprint density at radius 1 is 1.19 bits per heavy atom. The summed E-state index contributed by atoms with van der Waals surface area (Å²) in [4.78, 5) is 43.9. The van der Waals surface area contributed by atoms with Gasteiger partial charge in [-0.05, 0) is 38.0 Å². The second-order valence-electron chi connectivity index (χ2n) is 8.23. The van der Waals surface area contributed by atoms with Crippen LogP contribution in [0.4, 0.5) is 14.9 Å². The molecule has 2 aromatic rings. The molecule has 3 aliphatic rings. The average Bonchev–Trinajstić information content (AvgIpc) is 3.11. The molecule has 5 rings (SSSR count). The highest BCUT2D eigenvalue weighted by Crippen LogP contribution is 2.47. The third-order valence-electron chi connectivity index (χ3n) is 6.17. The minimum atomic E-state index is -1.62. The predicted molar refractivity (Wildman–Crippen MR) is 103 cm³/mol. The largest absolute Gasteiger partial charge is 0.372 e. The van der Waals surface area contributed by atoms with Crippen LogP contribution in [0.3, 0.4) is 0 Å². The fourth-order valence-electron chi connectivity index (χ4n) is 5.04. The van der Waals surface area contributed by atoms with E-state index < -0.39 is 41.2 Å². The molecule has 3 atom stereocenters. The van der Waals surface area contributed by atoms with Gasteiger partial charge in [0.25, 0.3) is 0 Å². The van der Waals surface area contributed by atoms with E-state index in [1.165, 1.54) is 12.1 Å². The summed E-state index contributed by atoms with van der Waals surface area (Å²) >= 11 is 0. The van der Waals surface area contributed by atoms with Gasteiger partial charge in [-0.3, -0.25) is 20.2 Å². The number of anilines is 1. The summed E-state index contributed by atoms with van der Waals surface area (Å²) in [6.45, 7) is 5.57. The summed E-state index contributed by atoms with van der Waals surface area (Å²) in [5.74, 6) is -1.59. The molecule has 1 aromatic heterocycles. The molecule has 2 N–H and O–H groups in total. The van der Waals surface area contributed by atoms with Crippen molar-refractivity contribution in [3.63, 3.8) is 0 Å². The summed E-state index contributed by atoms with van der Waals surface area (Å²) in [7, 11) is 0. The van der Waals surface area contributed by atoms with Gasteiger partial charge in [0.05, 0.1) is 23.8 Å². The van der Waals surface area contributed by atoms with E-state index >= 15 is 4.39 Å². The molecule has 162 valence electrons. The van der Waals surface area contributed by atoms with Crippen molar-refractivity contribution in [2.45, 2.75) is 45.4 Å². The van der Waals surface area contributed by atoms with Crippen molar-refractivity contribution in [1.82, 2.24) is 20.8 Å². The molecule has 0 saturated carbocycles. The van der Waals surface area contributed by atoms with Crippen LogP contribution in [0.25, 0.3) is 11.4 Å². The minimum Gasteiger partial charge on any atom is -0.372 e. The molecular weight excluding hydrogens is 409 g/mol. The van der Waals surface area contributed by atoms with Crippen molar-refractivity contribution in [3.8, 4) is 11.4 Å². The number of morpholine rings is 1. The van der Waals surface area contributed by atoms with E-state index in [1.807, 2.05) is 11.8 Å². The van der Waals surface area contributed by atoms with Crippen LogP contribution in [0, 0.1) is 18.2 Å². The van der Waals surface area contributed by atoms with E-state index in [-0.39, 0.29) is 29.8 Å². The third-order valence-corrected chi connectivity index (χ3v) is 6.17. The van der Waals surface area contributed by atoms with Crippen molar-refractivity contribution >= 4 is 23.5 Å². The molecule has 0 aliphatic carbocycles. The van der Waals surface area contributed by atoms with Crippen molar-refractivity contribution in [2.75, 3.05) is 11.4 Å². The molecule has 10 nitrogen and oxygen atoms in total. The summed E-state index contributed by atoms with van der Waals surface area (Å²) in [5, 5.41) is 8.22. The third kappa shape index (κ3) is 2.76. The lowest BCUT2D eigenvalue weighted by atomic mass is 9.66. The van der Waals surface area contributed by atoms with Crippen LogP contribution >= 0.6 is 0 Å². The van der Waals surface area contributed by atoms with Crippen LogP contribution in [0.2, 0.25) is 0 Å². The number of amides is 4. The van der Waals surface area contributed by atoms with Gasteiger partial charge >= 0.3 is 6.03 Å². The van der Waals surface area contributed by atoms with Crippen LogP contribution in [0.1, 0.15) is 25.3 Å². The number of nitrogens with zero attached hydrogens (tertiary/aromatic N) is 3. The summed E-state index contributed by atoms with van der Waals surface area (Å²) in [5.41, 5.74) is -0.387. The number of halogens is 1. The number of nitrogens with one attached hydrogen (secondary N) is 2. The van der Waals surface area contributed by atoms with Crippen LogP contribution < -0.4 is 15.5 Å². The first-order valence-electron chi connectivity index (χ1n) is 9.93. The zero-order chi connectivity index (χ0) is 22.1. The lowest BCUT2D eigenvalue weighted by molar-refractivity contribution is -0.153. The van der Waals surface area contributed by atoms with Gasteiger partial charge < -0.3 is 14.2 Å². The number of barbiturate groups is 1. The Labute approximate surface area is 176 Å². The first kappa shape index (κ1) is 19.6.